The number of esters is 1. The van der Waals surface area contributed by atoms with E-state index in [1.54, 1.807) is 4.90 Å². The van der Waals surface area contributed by atoms with Crippen molar-refractivity contribution in [2.75, 3.05) is 13.2 Å². The maximum absolute atomic E-state index is 12.7. The van der Waals surface area contributed by atoms with E-state index in [1.807, 2.05) is 44.2 Å². The topological polar surface area (TPSA) is 62.4 Å². The van der Waals surface area contributed by atoms with Gasteiger partial charge in [0.2, 0.25) is 0 Å². The molecule has 0 fully saturated rings. The molecule has 1 aliphatic rings. The van der Waals surface area contributed by atoms with Gasteiger partial charge in [0.05, 0.1) is 6.04 Å². The number of fused-ring (bicyclic) bond motifs is 3. The number of ether oxygens (including phenoxy) is 1. The number of H-pyrrole nitrogens is 1. The van der Waals surface area contributed by atoms with Crippen molar-refractivity contribution in [2.45, 2.75) is 33.2 Å². The number of benzene rings is 1. The molecule has 136 valence electrons. The average molecular weight is 352 g/mol. The van der Waals surface area contributed by atoms with E-state index < -0.39 is 5.97 Å². The van der Waals surface area contributed by atoms with Gasteiger partial charge in [-0.2, -0.15) is 0 Å². The molecule has 1 unspecified atom stereocenters. The predicted molar refractivity (Wildman–Crippen MR) is 102 cm³/mol. The molecule has 0 saturated carbocycles. The Labute approximate surface area is 153 Å². The van der Waals surface area contributed by atoms with Gasteiger partial charge in [-0.25, -0.2) is 0 Å². The van der Waals surface area contributed by atoms with E-state index in [0.29, 0.717) is 6.54 Å². The summed E-state index contributed by atoms with van der Waals surface area (Å²) in [5.41, 5.74) is 4.41. The number of carbonyl (C=O) groups is 2. The smallest absolute Gasteiger partial charge is 0.303 e. The minimum absolute atomic E-state index is 0.182. The molecular weight excluding hydrogens is 328 g/mol. The highest BCUT2D eigenvalue weighted by molar-refractivity contribution is 5.87. The monoisotopic (exact) mass is 352 g/mol. The van der Waals surface area contributed by atoms with Crippen LogP contribution in [0.25, 0.3) is 10.9 Å². The van der Waals surface area contributed by atoms with Gasteiger partial charge >= 0.3 is 5.97 Å². The van der Waals surface area contributed by atoms with Gasteiger partial charge in [-0.05, 0) is 37.5 Å². The number of rotatable bonds is 4. The molecule has 2 heterocycles. The SMILES string of the molecule is C/C=C\C(=C/C)C1c2[nH]c3ccccc3c2CCN1C(=O)COC(C)=O. The van der Waals surface area contributed by atoms with Crippen molar-refractivity contribution in [3.8, 4) is 0 Å². The van der Waals surface area contributed by atoms with Gasteiger partial charge in [-0.15, -0.1) is 0 Å². The molecule has 1 aliphatic heterocycles. The maximum atomic E-state index is 12.7. The van der Waals surface area contributed by atoms with E-state index in [2.05, 4.69) is 17.1 Å². The van der Waals surface area contributed by atoms with E-state index in [9.17, 15) is 9.59 Å². The minimum Gasteiger partial charge on any atom is -0.456 e. The number of nitrogens with one attached hydrogen (secondary N) is 1. The van der Waals surface area contributed by atoms with Crippen LogP contribution in [0.1, 0.15) is 38.1 Å². The molecule has 1 aromatic heterocycles. The molecule has 0 radical (unpaired) electrons. The first-order valence-corrected chi connectivity index (χ1v) is 8.88. The van der Waals surface area contributed by atoms with E-state index in [0.717, 1.165) is 23.2 Å². The molecular formula is C21H24N2O3. The number of para-hydroxylation sites is 1. The Hall–Kier alpha value is -2.82. The lowest BCUT2D eigenvalue weighted by molar-refractivity contribution is -0.151. The number of hydrogen-bond donors (Lipinski definition) is 1. The van der Waals surface area contributed by atoms with Crippen LogP contribution < -0.4 is 0 Å². The zero-order valence-corrected chi connectivity index (χ0v) is 15.4. The van der Waals surface area contributed by atoms with E-state index >= 15 is 0 Å². The largest absolute Gasteiger partial charge is 0.456 e. The van der Waals surface area contributed by atoms with Crippen molar-refractivity contribution in [3.05, 3.63) is 59.3 Å². The number of nitrogens with zero attached hydrogens (tertiary/aromatic N) is 1. The highest BCUT2D eigenvalue weighted by atomic mass is 16.5. The van der Waals surface area contributed by atoms with Gasteiger partial charge in [-0.3, -0.25) is 9.59 Å². The van der Waals surface area contributed by atoms with Crippen molar-refractivity contribution in [1.29, 1.82) is 0 Å². The molecule has 0 bridgehead atoms. The highest BCUT2D eigenvalue weighted by Crippen LogP contribution is 2.38. The summed E-state index contributed by atoms with van der Waals surface area (Å²) < 4.78 is 4.95. The second-order valence-electron chi connectivity index (χ2n) is 6.37. The van der Waals surface area contributed by atoms with Crippen molar-refractivity contribution in [2.24, 2.45) is 0 Å². The summed E-state index contributed by atoms with van der Waals surface area (Å²) in [6.45, 7) is 5.61. The predicted octanol–water partition coefficient (Wildman–Crippen LogP) is 3.68. The van der Waals surface area contributed by atoms with Crippen molar-refractivity contribution < 1.29 is 14.3 Å². The lowest BCUT2D eigenvalue weighted by atomic mass is 9.91. The van der Waals surface area contributed by atoms with Crippen molar-refractivity contribution >= 4 is 22.8 Å². The Morgan fingerprint density at radius 3 is 2.77 bits per heavy atom. The van der Waals surface area contributed by atoms with Gasteiger partial charge in [0, 0.05) is 30.1 Å². The number of amides is 1. The Kier molecular flexibility index (Phi) is 5.26. The third-order valence-corrected chi connectivity index (χ3v) is 4.76. The van der Waals surface area contributed by atoms with Gasteiger partial charge in [0.25, 0.3) is 5.91 Å². The van der Waals surface area contributed by atoms with Crippen LogP contribution in [0.5, 0.6) is 0 Å². The minimum atomic E-state index is -0.446. The summed E-state index contributed by atoms with van der Waals surface area (Å²) in [6, 6.07) is 8.00. The van der Waals surface area contributed by atoms with Gasteiger partial charge in [0.1, 0.15) is 0 Å². The quantitative estimate of drug-likeness (QED) is 0.674. The summed E-state index contributed by atoms with van der Waals surface area (Å²) in [6.07, 6.45) is 6.80. The van der Waals surface area contributed by atoms with Crippen molar-refractivity contribution in [3.63, 3.8) is 0 Å². The number of aromatic nitrogens is 1. The molecule has 26 heavy (non-hydrogen) atoms. The fourth-order valence-electron chi connectivity index (χ4n) is 3.64. The highest BCUT2D eigenvalue weighted by Gasteiger charge is 2.34. The fraction of sp³-hybridized carbons (Fsp3) is 0.333. The molecule has 3 rings (SSSR count). The van der Waals surface area contributed by atoms with Crippen LogP contribution in [0.4, 0.5) is 0 Å². The second-order valence-corrected chi connectivity index (χ2v) is 6.37. The Morgan fingerprint density at radius 2 is 2.08 bits per heavy atom. The zero-order valence-electron chi connectivity index (χ0n) is 15.4. The number of aromatic amines is 1. The molecule has 2 aromatic rings. The zero-order chi connectivity index (χ0) is 18.7. The first kappa shape index (κ1) is 18.0. The molecule has 1 atom stereocenters. The Balaban J connectivity index is 2.06. The first-order chi connectivity index (χ1) is 12.6. The van der Waals surface area contributed by atoms with E-state index in [1.165, 1.54) is 17.9 Å². The van der Waals surface area contributed by atoms with Crippen LogP contribution in [-0.4, -0.2) is 34.9 Å². The summed E-state index contributed by atoms with van der Waals surface area (Å²) in [4.78, 5) is 29.2. The Morgan fingerprint density at radius 1 is 1.31 bits per heavy atom. The second kappa shape index (κ2) is 7.60. The molecule has 5 heteroatoms. The average Bonchev–Trinajstić information content (AvgIpc) is 3.02. The van der Waals surface area contributed by atoms with Crippen molar-refractivity contribution in [1.82, 2.24) is 9.88 Å². The number of hydrogen-bond acceptors (Lipinski definition) is 3. The van der Waals surface area contributed by atoms with Crippen LogP contribution in [0, 0.1) is 0 Å². The van der Waals surface area contributed by atoms with Crippen LogP contribution in [0.3, 0.4) is 0 Å². The van der Waals surface area contributed by atoms with Crippen LogP contribution in [0.2, 0.25) is 0 Å². The number of carbonyl (C=O) groups excluding carboxylic acids is 2. The summed E-state index contributed by atoms with van der Waals surface area (Å²) in [7, 11) is 0. The fourth-order valence-corrected chi connectivity index (χ4v) is 3.64. The van der Waals surface area contributed by atoms with Gasteiger partial charge < -0.3 is 14.6 Å². The van der Waals surface area contributed by atoms with E-state index in [4.69, 9.17) is 4.74 Å². The normalized spacial score (nSPS) is 17.6. The molecule has 0 saturated heterocycles. The summed E-state index contributed by atoms with van der Waals surface area (Å²) in [5.74, 6) is -0.628. The third-order valence-electron chi connectivity index (χ3n) is 4.76. The molecule has 0 spiro atoms. The molecule has 1 amide bonds. The molecule has 5 nitrogen and oxygen atoms in total. The van der Waals surface area contributed by atoms with E-state index in [-0.39, 0.29) is 18.6 Å². The summed E-state index contributed by atoms with van der Waals surface area (Å²) >= 11 is 0. The van der Waals surface area contributed by atoms with Gasteiger partial charge in [-0.1, -0.05) is 36.4 Å². The van der Waals surface area contributed by atoms with Crippen LogP contribution in [0.15, 0.2) is 48.1 Å². The summed E-state index contributed by atoms with van der Waals surface area (Å²) in [5, 5.41) is 1.20. The Bertz CT molecular complexity index is 892. The first-order valence-electron chi connectivity index (χ1n) is 8.88. The lowest BCUT2D eigenvalue weighted by Crippen LogP contribution is -2.42. The third kappa shape index (κ3) is 3.29. The molecule has 0 aliphatic carbocycles. The lowest BCUT2D eigenvalue weighted by Gasteiger charge is -2.36. The molecule has 1 N–H and O–H groups in total. The standard InChI is InChI=1S/C21H24N2O3/c1-4-8-15(5-2)21-20-17(16-9-6-7-10-18(16)22-20)11-12-23(21)19(25)13-26-14(3)24/h4-10,21-22H,11-13H2,1-3H3/b8-4-,15-5+. The van der Waals surface area contributed by atoms with Crippen LogP contribution in [-0.2, 0) is 20.7 Å². The van der Waals surface area contributed by atoms with Gasteiger partial charge in [0.15, 0.2) is 6.61 Å². The maximum Gasteiger partial charge on any atom is 0.303 e. The molecule has 1 aromatic carbocycles. The number of allylic oxidation sites excluding steroid dienone is 2. The van der Waals surface area contributed by atoms with Crippen LogP contribution >= 0.6 is 0 Å².